The van der Waals surface area contributed by atoms with Crippen molar-refractivity contribution in [1.29, 1.82) is 0 Å². The van der Waals surface area contributed by atoms with Crippen LogP contribution in [0.15, 0.2) is 24.8 Å². The third kappa shape index (κ3) is 31.0. The van der Waals surface area contributed by atoms with E-state index >= 15 is 0 Å². The second-order valence-corrected chi connectivity index (χ2v) is 1.09. The smallest absolute Gasteiger partial charge is 0.358 e. The first-order valence-electron chi connectivity index (χ1n) is 2.14. The first-order chi connectivity index (χ1) is 2.91. The van der Waals surface area contributed by atoms with Crippen molar-refractivity contribution in [3.05, 3.63) is 39.7 Å². The molecule has 0 heterocycles. The molecule has 0 nitrogen and oxygen atoms in total. The van der Waals surface area contributed by atoms with Gasteiger partial charge in [0.2, 0.25) is 0 Å². The summed E-state index contributed by atoms with van der Waals surface area (Å²) in [6.45, 7) is 5.55. The van der Waals surface area contributed by atoms with Crippen LogP contribution in [0.5, 0.6) is 0 Å². The van der Waals surface area contributed by atoms with E-state index in [1.807, 2.05) is 19.1 Å². The Morgan fingerprint density at radius 2 is 1.78 bits per heavy atom. The van der Waals surface area contributed by atoms with Crippen LogP contribution in [0.25, 0.3) is 0 Å². The molecule has 0 spiro atoms. The Kier molecular flexibility index (Phi) is 61.5. The molecule has 0 unspecified atom stereocenters. The molecule has 0 saturated heterocycles. The van der Waals surface area contributed by atoms with E-state index in [4.69, 9.17) is 0 Å². The Labute approximate surface area is 74.3 Å². The summed E-state index contributed by atoms with van der Waals surface area (Å²) in [5.74, 6) is 0. The van der Waals surface area contributed by atoms with Gasteiger partial charge in [-0.25, -0.2) is 0 Å². The van der Waals surface area contributed by atoms with Crippen LogP contribution in [0.2, 0.25) is 0 Å². The average Bonchev–Trinajstić information content (AvgIpc) is 1.61. The van der Waals surface area contributed by atoms with Crippen LogP contribution in [-0.4, -0.2) is 0 Å². The molecule has 0 bridgehead atoms. The Bertz CT molecular complexity index is 55.6. The minimum absolute atomic E-state index is 0. The molecule has 0 aromatic rings. The molecular formula is C8H16Pt. The predicted molar refractivity (Wildman–Crippen MR) is 42.5 cm³/mol. The van der Waals surface area contributed by atoms with E-state index in [1.54, 1.807) is 0 Å². The van der Waals surface area contributed by atoms with Gasteiger partial charge >= 0.3 is 21.1 Å². The minimum atomic E-state index is 0. The van der Waals surface area contributed by atoms with Crippen LogP contribution in [0.1, 0.15) is 13.3 Å². The van der Waals surface area contributed by atoms with Gasteiger partial charge in [0.25, 0.3) is 0 Å². The van der Waals surface area contributed by atoms with Gasteiger partial charge in [0.1, 0.15) is 0 Å². The van der Waals surface area contributed by atoms with Crippen molar-refractivity contribution < 1.29 is 21.1 Å². The van der Waals surface area contributed by atoms with Gasteiger partial charge in [-0.05, 0) is 13.3 Å². The summed E-state index contributed by atoms with van der Waals surface area (Å²) in [6.07, 6.45) is 6.95. The van der Waals surface area contributed by atoms with E-state index in [0.29, 0.717) is 0 Å². The maximum atomic E-state index is 3.55. The zero-order valence-electron chi connectivity index (χ0n) is 6.46. The summed E-state index contributed by atoms with van der Waals surface area (Å²) in [5, 5.41) is 0. The summed E-state index contributed by atoms with van der Waals surface area (Å²) in [7, 11) is 0. The molecule has 9 heavy (non-hydrogen) atoms. The summed E-state index contributed by atoms with van der Waals surface area (Å²) in [5.41, 5.74) is 0. The zero-order chi connectivity index (χ0) is 4.83. The van der Waals surface area contributed by atoms with Crippen LogP contribution in [-0.2, 0) is 21.1 Å². The molecule has 0 aliphatic heterocycles. The minimum Gasteiger partial charge on any atom is -0.358 e. The molecule has 0 fully saturated rings. The molecule has 0 saturated carbocycles. The molecular weight excluding hydrogens is 291 g/mol. The van der Waals surface area contributed by atoms with Gasteiger partial charge in [0, 0.05) is 0 Å². The van der Waals surface area contributed by atoms with E-state index in [2.05, 4.69) is 12.7 Å². The van der Waals surface area contributed by atoms with Crippen molar-refractivity contribution >= 4 is 0 Å². The fourth-order valence-corrected chi connectivity index (χ4v) is 0.232. The van der Waals surface area contributed by atoms with Crippen LogP contribution < -0.4 is 0 Å². The number of allylic oxidation sites excluding steroid dienone is 3. The van der Waals surface area contributed by atoms with Gasteiger partial charge < -0.3 is 14.9 Å². The van der Waals surface area contributed by atoms with E-state index in [1.165, 1.54) is 0 Å². The maximum absolute atomic E-state index is 3.55. The van der Waals surface area contributed by atoms with Gasteiger partial charge in [-0.2, -0.15) is 0 Å². The van der Waals surface area contributed by atoms with Crippen LogP contribution in [0.3, 0.4) is 0 Å². The van der Waals surface area contributed by atoms with E-state index in [0.717, 1.165) is 6.42 Å². The fourth-order valence-electron chi connectivity index (χ4n) is 0.232. The molecule has 0 atom stereocenters. The van der Waals surface area contributed by atoms with Crippen LogP contribution in [0, 0.1) is 14.9 Å². The molecule has 0 rings (SSSR count). The Morgan fingerprint density at radius 3 is 1.89 bits per heavy atom. The predicted octanol–water partition coefficient (Wildman–Crippen LogP) is 3.04. The van der Waals surface area contributed by atoms with Crippen LogP contribution in [0.4, 0.5) is 0 Å². The summed E-state index contributed by atoms with van der Waals surface area (Å²) in [6, 6.07) is 0. The van der Waals surface area contributed by atoms with Gasteiger partial charge in [0.15, 0.2) is 0 Å². The molecule has 1 heteroatoms. The molecule has 0 N–H and O–H groups in total. The summed E-state index contributed by atoms with van der Waals surface area (Å²) in [4.78, 5) is 0. The Balaban J connectivity index is -0.0000000417. The third-order valence-corrected chi connectivity index (χ3v) is 0.538. The number of hydrogen-bond acceptors (Lipinski definition) is 0. The van der Waals surface area contributed by atoms with Crippen molar-refractivity contribution in [2.24, 2.45) is 0 Å². The normalized spacial score (nSPS) is 6.33. The molecule has 0 aliphatic carbocycles. The number of hydrogen-bond donors (Lipinski definition) is 0. The quantitative estimate of drug-likeness (QED) is 0.543. The standard InChI is InChI=1S/C6H10.2CH3.Pt/c1-3-5-6-4-2;;;/h3-4,6H,1,5H2,2H3;2*1H3;/q;2*-1;+2. The first-order valence-corrected chi connectivity index (χ1v) is 2.14. The van der Waals surface area contributed by atoms with Gasteiger partial charge in [-0.3, -0.25) is 0 Å². The molecule has 0 aromatic carbocycles. The fraction of sp³-hybridized carbons (Fsp3) is 0.250. The van der Waals surface area contributed by atoms with E-state index in [9.17, 15) is 0 Å². The largest absolute Gasteiger partial charge is 2.00 e. The van der Waals surface area contributed by atoms with Crippen molar-refractivity contribution in [1.82, 2.24) is 0 Å². The molecule has 0 aliphatic rings. The second-order valence-electron chi connectivity index (χ2n) is 1.09. The average molecular weight is 307 g/mol. The van der Waals surface area contributed by atoms with Crippen molar-refractivity contribution in [3.63, 3.8) is 0 Å². The second kappa shape index (κ2) is 24.2. The van der Waals surface area contributed by atoms with Gasteiger partial charge in [0.05, 0.1) is 0 Å². The van der Waals surface area contributed by atoms with Gasteiger partial charge in [-0.15, -0.1) is 6.58 Å². The van der Waals surface area contributed by atoms with Gasteiger partial charge in [-0.1, -0.05) is 18.2 Å². The van der Waals surface area contributed by atoms with Crippen molar-refractivity contribution in [2.75, 3.05) is 0 Å². The number of rotatable bonds is 2. The van der Waals surface area contributed by atoms with Crippen molar-refractivity contribution in [3.8, 4) is 0 Å². The first kappa shape index (κ1) is 22.9. The Hall–Kier alpha value is 0.168. The SMILES string of the molecule is C=CCC=CC.[CH3-].[CH3-].[Pt+2]. The van der Waals surface area contributed by atoms with Crippen molar-refractivity contribution in [2.45, 2.75) is 13.3 Å². The molecule has 0 radical (unpaired) electrons. The summed E-state index contributed by atoms with van der Waals surface area (Å²) >= 11 is 0. The molecule has 0 aromatic heterocycles. The van der Waals surface area contributed by atoms with Crippen LogP contribution >= 0.6 is 0 Å². The van der Waals surface area contributed by atoms with E-state index in [-0.39, 0.29) is 35.9 Å². The maximum Gasteiger partial charge on any atom is 2.00 e. The monoisotopic (exact) mass is 307 g/mol. The summed E-state index contributed by atoms with van der Waals surface area (Å²) < 4.78 is 0. The molecule has 58 valence electrons. The zero-order valence-corrected chi connectivity index (χ0v) is 8.73. The molecule has 0 amide bonds. The Morgan fingerprint density at radius 1 is 1.33 bits per heavy atom. The third-order valence-electron chi connectivity index (χ3n) is 0.538. The topological polar surface area (TPSA) is 0 Å². The van der Waals surface area contributed by atoms with E-state index < -0.39 is 0 Å².